The molecule has 1 rings (SSSR count). The number of likely N-dealkylation sites (N-methyl/N-ethyl adjacent to an activating group) is 1. The summed E-state index contributed by atoms with van der Waals surface area (Å²) in [7, 11) is 1.53. The molecule has 0 bridgehead atoms. The Kier molecular flexibility index (Phi) is 5.36. The van der Waals surface area contributed by atoms with Gasteiger partial charge < -0.3 is 14.6 Å². The van der Waals surface area contributed by atoms with Gasteiger partial charge in [-0.2, -0.15) is 0 Å². The van der Waals surface area contributed by atoms with E-state index in [0.717, 1.165) is 19.4 Å². The van der Waals surface area contributed by atoms with Crippen LogP contribution in [0.4, 0.5) is 0 Å². The molecule has 1 N–H and O–H groups in total. The molecule has 1 saturated heterocycles. The molecular formula is C12H23NO4. The van der Waals surface area contributed by atoms with Crippen LogP contribution >= 0.6 is 0 Å². The van der Waals surface area contributed by atoms with E-state index in [-0.39, 0.29) is 12.7 Å². The summed E-state index contributed by atoms with van der Waals surface area (Å²) in [6, 6.07) is 0. The molecule has 0 amide bonds. The summed E-state index contributed by atoms with van der Waals surface area (Å²) < 4.78 is 10.6. The van der Waals surface area contributed by atoms with Crippen molar-refractivity contribution >= 4 is 5.97 Å². The van der Waals surface area contributed by atoms with Crippen LogP contribution < -0.4 is 0 Å². The predicted octanol–water partition coefficient (Wildman–Crippen LogP) is 0.977. The van der Waals surface area contributed by atoms with E-state index in [4.69, 9.17) is 9.47 Å². The second kappa shape index (κ2) is 6.33. The lowest BCUT2D eigenvalue weighted by Crippen LogP contribution is -2.57. The van der Waals surface area contributed by atoms with Crippen LogP contribution in [0.25, 0.3) is 0 Å². The van der Waals surface area contributed by atoms with Crippen LogP contribution in [0.1, 0.15) is 26.7 Å². The van der Waals surface area contributed by atoms with E-state index >= 15 is 0 Å². The summed E-state index contributed by atoms with van der Waals surface area (Å²) in [5.41, 5.74) is -0.977. The van der Waals surface area contributed by atoms with Gasteiger partial charge in [-0.1, -0.05) is 6.92 Å². The number of carbonyl (C=O) groups is 1. The largest absolute Gasteiger partial charge is 0.480 e. The summed E-state index contributed by atoms with van der Waals surface area (Å²) in [4.78, 5) is 13.3. The predicted molar refractivity (Wildman–Crippen MR) is 64.1 cm³/mol. The highest BCUT2D eigenvalue weighted by Crippen LogP contribution is 2.20. The summed E-state index contributed by atoms with van der Waals surface area (Å²) in [6.07, 6.45) is 2.24. The van der Waals surface area contributed by atoms with E-state index in [2.05, 4.69) is 0 Å². The van der Waals surface area contributed by atoms with E-state index < -0.39 is 11.5 Å². The summed E-state index contributed by atoms with van der Waals surface area (Å²) in [5, 5.41) is 9.38. The second-order valence-corrected chi connectivity index (χ2v) is 4.69. The first-order valence-corrected chi connectivity index (χ1v) is 6.13. The number of nitrogens with zero attached hydrogens (tertiary/aromatic N) is 1. The SMILES string of the molecule is CCN(CC1CCCO1)C(C)(COC)C(=O)O. The molecule has 1 aliphatic rings. The van der Waals surface area contributed by atoms with Gasteiger partial charge in [-0.25, -0.2) is 0 Å². The molecule has 0 aromatic heterocycles. The normalized spacial score (nSPS) is 23.9. The Morgan fingerprint density at radius 2 is 2.35 bits per heavy atom. The smallest absolute Gasteiger partial charge is 0.326 e. The maximum Gasteiger partial charge on any atom is 0.326 e. The Balaban J connectivity index is 2.69. The molecule has 0 saturated carbocycles. The molecule has 5 heteroatoms. The quantitative estimate of drug-likeness (QED) is 0.724. The lowest BCUT2D eigenvalue weighted by molar-refractivity contribution is -0.155. The number of carboxylic acid groups (broad SMARTS) is 1. The molecule has 0 aromatic rings. The maximum atomic E-state index is 11.4. The fraction of sp³-hybridized carbons (Fsp3) is 0.917. The van der Waals surface area contributed by atoms with Gasteiger partial charge in [-0.3, -0.25) is 9.69 Å². The van der Waals surface area contributed by atoms with Crippen LogP contribution in [0.15, 0.2) is 0 Å². The number of methoxy groups -OCH3 is 1. The molecule has 0 spiro atoms. The second-order valence-electron chi connectivity index (χ2n) is 4.69. The van der Waals surface area contributed by atoms with Crippen molar-refractivity contribution in [3.63, 3.8) is 0 Å². The lowest BCUT2D eigenvalue weighted by atomic mass is 10.00. The fourth-order valence-corrected chi connectivity index (χ4v) is 2.28. The first-order valence-electron chi connectivity index (χ1n) is 6.13. The number of hydrogen-bond donors (Lipinski definition) is 1. The van der Waals surface area contributed by atoms with Crippen molar-refractivity contribution in [3.8, 4) is 0 Å². The maximum absolute atomic E-state index is 11.4. The van der Waals surface area contributed by atoms with Crippen molar-refractivity contribution in [2.75, 3.05) is 33.4 Å². The van der Waals surface area contributed by atoms with Crippen LogP contribution in [0.3, 0.4) is 0 Å². The van der Waals surface area contributed by atoms with Crippen molar-refractivity contribution in [1.82, 2.24) is 4.90 Å². The zero-order valence-corrected chi connectivity index (χ0v) is 10.9. The summed E-state index contributed by atoms with van der Waals surface area (Å²) in [5.74, 6) is -0.848. The van der Waals surface area contributed by atoms with Gasteiger partial charge in [0.2, 0.25) is 0 Å². The standard InChI is InChI=1S/C12H23NO4/c1-4-13(8-10-6-5-7-17-10)12(2,9-16-3)11(14)15/h10H,4-9H2,1-3H3,(H,14,15). The molecule has 2 atom stereocenters. The van der Waals surface area contributed by atoms with E-state index in [1.807, 2.05) is 11.8 Å². The number of rotatable bonds is 7. The molecule has 0 aromatic carbocycles. The third-order valence-corrected chi connectivity index (χ3v) is 3.41. The number of hydrogen-bond acceptors (Lipinski definition) is 4. The van der Waals surface area contributed by atoms with E-state index in [1.165, 1.54) is 7.11 Å². The van der Waals surface area contributed by atoms with Gasteiger partial charge in [0.25, 0.3) is 0 Å². The molecular weight excluding hydrogens is 222 g/mol. The lowest BCUT2D eigenvalue weighted by Gasteiger charge is -2.37. The average molecular weight is 245 g/mol. The highest BCUT2D eigenvalue weighted by Gasteiger charge is 2.40. The van der Waals surface area contributed by atoms with Crippen molar-refractivity contribution < 1.29 is 19.4 Å². The number of aliphatic carboxylic acids is 1. The Hall–Kier alpha value is -0.650. The fourth-order valence-electron chi connectivity index (χ4n) is 2.28. The van der Waals surface area contributed by atoms with Gasteiger partial charge in [0, 0.05) is 20.3 Å². The molecule has 1 aliphatic heterocycles. The monoisotopic (exact) mass is 245 g/mol. The Bertz CT molecular complexity index is 253. The first kappa shape index (κ1) is 14.4. The highest BCUT2D eigenvalue weighted by molar-refractivity contribution is 5.78. The first-order chi connectivity index (χ1) is 8.04. The minimum Gasteiger partial charge on any atom is -0.480 e. The number of ether oxygens (including phenoxy) is 2. The third-order valence-electron chi connectivity index (χ3n) is 3.41. The van der Waals surface area contributed by atoms with E-state index in [0.29, 0.717) is 13.1 Å². The van der Waals surface area contributed by atoms with Gasteiger partial charge in [-0.05, 0) is 26.3 Å². The zero-order valence-electron chi connectivity index (χ0n) is 10.9. The molecule has 1 fully saturated rings. The van der Waals surface area contributed by atoms with Gasteiger partial charge in [0.1, 0.15) is 5.54 Å². The summed E-state index contributed by atoms with van der Waals surface area (Å²) in [6.45, 7) is 5.97. The van der Waals surface area contributed by atoms with Crippen molar-refractivity contribution in [2.24, 2.45) is 0 Å². The van der Waals surface area contributed by atoms with Crippen LogP contribution in [-0.4, -0.2) is 61.0 Å². The van der Waals surface area contributed by atoms with Crippen LogP contribution in [0.2, 0.25) is 0 Å². The molecule has 100 valence electrons. The van der Waals surface area contributed by atoms with Crippen molar-refractivity contribution in [2.45, 2.75) is 38.3 Å². The summed E-state index contributed by atoms with van der Waals surface area (Å²) >= 11 is 0. The zero-order chi connectivity index (χ0) is 12.9. The van der Waals surface area contributed by atoms with Crippen LogP contribution in [-0.2, 0) is 14.3 Å². The van der Waals surface area contributed by atoms with E-state index in [9.17, 15) is 9.90 Å². The van der Waals surface area contributed by atoms with Gasteiger partial charge >= 0.3 is 5.97 Å². The molecule has 5 nitrogen and oxygen atoms in total. The molecule has 1 heterocycles. The van der Waals surface area contributed by atoms with Gasteiger partial charge in [0.15, 0.2) is 0 Å². The van der Waals surface area contributed by atoms with Gasteiger partial charge in [-0.15, -0.1) is 0 Å². The Labute approximate surface area is 103 Å². The minimum atomic E-state index is -0.977. The van der Waals surface area contributed by atoms with E-state index in [1.54, 1.807) is 6.92 Å². The minimum absolute atomic E-state index is 0.158. The van der Waals surface area contributed by atoms with Crippen LogP contribution in [0.5, 0.6) is 0 Å². The third kappa shape index (κ3) is 3.40. The highest BCUT2D eigenvalue weighted by atomic mass is 16.5. The Morgan fingerprint density at radius 3 is 2.76 bits per heavy atom. The average Bonchev–Trinajstić information content (AvgIpc) is 2.78. The molecule has 0 aliphatic carbocycles. The topological polar surface area (TPSA) is 59.0 Å². The molecule has 17 heavy (non-hydrogen) atoms. The van der Waals surface area contributed by atoms with Gasteiger partial charge in [0.05, 0.1) is 12.7 Å². The Morgan fingerprint density at radius 1 is 1.65 bits per heavy atom. The number of carboxylic acids is 1. The molecule has 2 unspecified atom stereocenters. The molecule has 0 radical (unpaired) electrons. The van der Waals surface area contributed by atoms with Crippen molar-refractivity contribution in [1.29, 1.82) is 0 Å². The van der Waals surface area contributed by atoms with Crippen molar-refractivity contribution in [3.05, 3.63) is 0 Å². The van der Waals surface area contributed by atoms with Crippen LogP contribution in [0, 0.1) is 0 Å².